The van der Waals surface area contributed by atoms with Gasteiger partial charge in [0.15, 0.2) is 0 Å². The van der Waals surface area contributed by atoms with Gasteiger partial charge in [-0.25, -0.2) is 4.67 Å². The molecule has 6 aromatic rings. The van der Waals surface area contributed by atoms with Gasteiger partial charge in [0.25, 0.3) is 0 Å². The van der Waals surface area contributed by atoms with Gasteiger partial charge in [0.05, 0.1) is 0 Å². The Morgan fingerprint density at radius 1 is 0.540 bits per heavy atom. The van der Waals surface area contributed by atoms with E-state index < -0.39 is 23.1 Å². The Morgan fingerprint density at radius 3 is 1.36 bits per heavy atom. The van der Waals surface area contributed by atoms with Crippen LogP contribution in [0, 0.1) is 27.7 Å². The Morgan fingerprint density at radius 2 is 0.940 bits per heavy atom. The van der Waals surface area contributed by atoms with Gasteiger partial charge in [0.1, 0.15) is 0 Å². The second kappa shape index (κ2) is 15.3. The highest BCUT2D eigenvalue weighted by Gasteiger charge is 2.47. The summed E-state index contributed by atoms with van der Waals surface area (Å²) < 4.78 is 18.8. The van der Waals surface area contributed by atoms with Crippen LogP contribution in [0.25, 0.3) is 0 Å². The topological polar surface area (TPSA) is 20.3 Å². The van der Waals surface area contributed by atoms with Crippen molar-refractivity contribution >= 4 is 55.0 Å². The van der Waals surface area contributed by atoms with Crippen LogP contribution in [0.15, 0.2) is 158 Å². The first kappa shape index (κ1) is 34.8. The van der Waals surface area contributed by atoms with Crippen LogP contribution in [0.5, 0.6) is 0 Å². The average Bonchev–Trinajstić information content (AvgIpc) is 3.55. The van der Waals surface area contributed by atoms with Crippen LogP contribution in [0.4, 0.5) is 0 Å². The van der Waals surface area contributed by atoms with Gasteiger partial charge in [-0.2, -0.15) is 0 Å². The molecule has 0 radical (unpaired) electrons. The van der Waals surface area contributed by atoms with E-state index in [9.17, 15) is 0 Å². The number of aryl methyl sites for hydroxylation is 4. The molecule has 6 aromatic carbocycles. The number of benzene rings is 6. The zero-order valence-corrected chi connectivity index (χ0v) is 32.2. The van der Waals surface area contributed by atoms with Crippen molar-refractivity contribution in [1.29, 1.82) is 0 Å². The summed E-state index contributed by atoms with van der Waals surface area (Å²) in [5, 5.41) is 7.44. The molecule has 0 aliphatic carbocycles. The van der Waals surface area contributed by atoms with Gasteiger partial charge in [-0.3, -0.25) is 4.57 Å². The van der Waals surface area contributed by atoms with Crippen molar-refractivity contribution in [3.63, 3.8) is 0 Å². The average molecular weight is 710 g/mol. The van der Waals surface area contributed by atoms with E-state index in [-0.39, 0.29) is 6.04 Å². The fourth-order valence-electron chi connectivity index (χ4n) is 7.57. The molecule has 1 aliphatic heterocycles. The second-order valence-electron chi connectivity index (χ2n) is 13.7. The molecular formula is C45H46NOP3. The molecule has 0 aromatic heterocycles. The van der Waals surface area contributed by atoms with Crippen molar-refractivity contribution in [3.05, 3.63) is 180 Å². The third-order valence-electron chi connectivity index (χ3n) is 9.88. The molecule has 2 nitrogen and oxygen atoms in total. The summed E-state index contributed by atoms with van der Waals surface area (Å²) in [6, 6.07) is 57.2. The highest BCUT2D eigenvalue weighted by molar-refractivity contribution is 7.77. The maximum atomic E-state index is 16.3. The minimum Gasteiger partial charge on any atom is -0.296 e. The molecule has 50 heavy (non-hydrogen) atoms. The molecule has 1 heterocycles. The molecule has 1 fully saturated rings. The first-order valence-corrected chi connectivity index (χ1v) is 22.2. The summed E-state index contributed by atoms with van der Waals surface area (Å²) in [5.41, 5.74) is 5.48. The predicted octanol–water partition coefficient (Wildman–Crippen LogP) is 8.86. The Kier molecular flexibility index (Phi) is 10.7. The Bertz CT molecular complexity index is 1980. The van der Waals surface area contributed by atoms with E-state index in [1.807, 2.05) is 36.4 Å². The van der Waals surface area contributed by atoms with Crippen LogP contribution in [-0.2, 0) is 4.57 Å². The smallest absolute Gasteiger partial charge is 0.207 e. The van der Waals surface area contributed by atoms with Crippen molar-refractivity contribution in [3.8, 4) is 0 Å². The van der Waals surface area contributed by atoms with Gasteiger partial charge in [-0.05, 0) is 102 Å². The van der Waals surface area contributed by atoms with Gasteiger partial charge in [0, 0.05) is 28.9 Å². The monoisotopic (exact) mass is 709 g/mol. The summed E-state index contributed by atoms with van der Waals surface area (Å²) in [6.45, 7) is 9.58. The standard InChI is InChI=1S/C45H46NOP3/c1-34-15-11-19-39(27-34)48(40-20-12-16-35(2)28-40)33-38-31-43(49(41-21-13-17-36(3)29-41)42-22-14-18-37(4)30-42)32-46(38)50(47,44-23-7-5-8-24-44)45-25-9-6-10-26-45/h5-30,38,43H,31-33H2,1-4H3/t38-,43-/m0/s1. The highest BCUT2D eigenvalue weighted by Crippen LogP contribution is 2.58. The molecule has 2 atom stereocenters. The highest BCUT2D eigenvalue weighted by atomic mass is 31.2. The van der Waals surface area contributed by atoms with Gasteiger partial charge in [-0.1, -0.05) is 156 Å². The van der Waals surface area contributed by atoms with Gasteiger partial charge >= 0.3 is 0 Å². The lowest BCUT2D eigenvalue weighted by Crippen LogP contribution is -2.38. The Hall–Kier alpha value is -3.63. The van der Waals surface area contributed by atoms with Gasteiger partial charge < -0.3 is 0 Å². The minimum absolute atomic E-state index is 0.123. The number of hydrogen-bond acceptors (Lipinski definition) is 1. The zero-order chi connectivity index (χ0) is 34.7. The fraction of sp³-hybridized carbons (Fsp3) is 0.200. The normalized spacial score (nSPS) is 16.7. The summed E-state index contributed by atoms with van der Waals surface area (Å²) in [4.78, 5) is 0. The summed E-state index contributed by atoms with van der Waals surface area (Å²) >= 11 is 0. The van der Waals surface area contributed by atoms with E-state index in [1.54, 1.807) is 0 Å². The zero-order valence-electron chi connectivity index (χ0n) is 29.5. The molecule has 7 rings (SSSR count). The maximum absolute atomic E-state index is 16.3. The Balaban J connectivity index is 1.41. The van der Waals surface area contributed by atoms with Gasteiger partial charge in [-0.15, -0.1) is 0 Å². The number of hydrogen-bond donors (Lipinski definition) is 0. The molecule has 0 saturated carbocycles. The van der Waals surface area contributed by atoms with Crippen LogP contribution in [0.2, 0.25) is 0 Å². The molecule has 1 aliphatic rings. The van der Waals surface area contributed by atoms with Crippen molar-refractivity contribution in [1.82, 2.24) is 4.67 Å². The largest absolute Gasteiger partial charge is 0.296 e. The molecule has 0 N–H and O–H groups in total. The predicted molar refractivity (Wildman–Crippen MR) is 221 cm³/mol. The third-order valence-corrected chi connectivity index (χ3v) is 18.5. The molecule has 5 heteroatoms. The summed E-state index contributed by atoms with van der Waals surface area (Å²) in [6.07, 6.45) is 1.95. The fourth-order valence-corrected chi connectivity index (χ4v) is 16.8. The van der Waals surface area contributed by atoms with E-state index in [1.165, 1.54) is 43.5 Å². The van der Waals surface area contributed by atoms with Crippen LogP contribution in [0.3, 0.4) is 0 Å². The molecule has 0 bridgehead atoms. The summed E-state index contributed by atoms with van der Waals surface area (Å²) in [5.74, 6) is 0. The lowest BCUT2D eigenvalue weighted by Gasteiger charge is -2.36. The first-order chi connectivity index (χ1) is 24.3. The minimum atomic E-state index is -3.21. The van der Waals surface area contributed by atoms with E-state index in [0.717, 1.165) is 29.7 Å². The van der Waals surface area contributed by atoms with E-state index in [4.69, 9.17) is 0 Å². The second-order valence-corrected chi connectivity index (χ2v) is 21.2. The van der Waals surface area contributed by atoms with Gasteiger partial charge in [0.2, 0.25) is 7.29 Å². The quantitative estimate of drug-likeness (QED) is 0.133. The SMILES string of the molecule is Cc1cccc(P(C[C@@H]2C[C@H](P(c3cccc(C)c3)c3cccc(C)c3)CN2P(=O)(c2ccccc2)c2ccccc2)c2cccc(C)c2)c1. The maximum Gasteiger partial charge on any atom is 0.207 e. The number of nitrogens with zero attached hydrogens (tertiary/aromatic N) is 1. The van der Waals surface area contributed by atoms with Crippen LogP contribution < -0.4 is 31.8 Å². The number of rotatable bonds is 10. The van der Waals surface area contributed by atoms with E-state index in [2.05, 4.69) is 154 Å². The molecule has 252 valence electrons. The van der Waals surface area contributed by atoms with Crippen LogP contribution in [-0.4, -0.2) is 29.1 Å². The van der Waals surface area contributed by atoms with E-state index in [0.29, 0.717) is 5.66 Å². The first-order valence-electron chi connectivity index (χ1n) is 17.6. The lowest BCUT2D eigenvalue weighted by molar-refractivity contribution is 0.422. The van der Waals surface area contributed by atoms with E-state index >= 15 is 4.57 Å². The molecule has 0 spiro atoms. The van der Waals surface area contributed by atoms with Crippen LogP contribution in [0.1, 0.15) is 28.7 Å². The van der Waals surface area contributed by atoms with Crippen molar-refractivity contribution in [2.24, 2.45) is 0 Å². The van der Waals surface area contributed by atoms with Crippen molar-refractivity contribution in [2.45, 2.75) is 45.8 Å². The Labute approximate surface area is 301 Å². The molecule has 0 amide bonds. The van der Waals surface area contributed by atoms with Crippen LogP contribution >= 0.6 is 23.1 Å². The molecule has 0 unspecified atom stereocenters. The summed E-state index contributed by atoms with van der Waals surface area (Å²) in [7, 11) is -4.65. The molecule has 1 saturated heterocycles. The third kappa shape index (κ3) is 7.38. The van der Waals surface area contributed by atoms with Crippen molar-refractivity contribution in [2.75, 3.05) is 12.7 Å². The van der Waals surface area contributed by atoms with Crippen molar-refractivity contribution < 1.29 is 4.57 Å². The molecular weight excluding hydrogens is 663 g/mol. The lowest BCUT2D eigenvalue weighted by atomic mass is 10.2.